The van der Waals surface area contributed by atoms with Crippen LogP contribution < -0.4 is 0 Å². The number of hydrogen-bond acceptors (Lipinski definition) is 2. The Labute approximate surface area is 135 Å². The van der Waals surface area contributed by atoms with Crippen molar-refractivity contribution in [1.29, 1.82) is 0 Å². The third kappa shape index (κ3) is 5.11. The van der Waals surface area contributed by atoms with Crippen molar-refractivity contribution >= 4 is 21.6 Å². The first-order valence-electron chi connectivity index (χ1n) is 8.49. The number of halogens is 1. The highest BCUT2D eigenvalue weighted by Crippen LogP contribution is 2.39. The van der Waals surface area contributed by atoms with Crippen LogP contribution in [0.25, 0.3) is 0 Å². The molecule has 0 aromatic rings. The molecule has 21 heavy (non-hydrogen) atoms. The normalized spacial score (nSPS) is 35.8. The van der Waals surface area contributed by atoms with Gasteiger partial charge in [-0.15, -0.1) is 11.6 Å². The highest BCUT2D eigenvalue weighted by molar-refractivity contribution is 7.88. The van der Waals surface area contributed by atoms with E-state index < -0.39 is 10.0 Å². The van der Waals surface area contributed by atoms with Crippen molar-refractivity contribution in [1.82, 2.24) is 4.31 Å². The minimum atomic E-state index is -3.03. The van der Waals surface area contributed by atoms with Crippen LogP contribution in [0.2, 0.25) is 0 Å². The lowest BCUT2D eigenvalue weighted by Crippen LogP contribution is -2.40. The number of hydrogen-bond donors (Lipinski definition) is 0. The van der Waals surface area contributed by atoms with Crippen molar-refractivity contribution in [2.24, 2.45) is 17.8 Å². The number of alkyl halides is 1. The smallest absolute Gasteiger partial charge is 0.211 e. The summed E-state index contributed by atoms with van der Waals surface area (Å²) in [6.45, 7) is 3.66. The molecule has 5 heteroatoms. The fourth-order valence-corrected chi connectivity index (χ4v) is 5.46. The van der Waals surface area contributed by atoms with Crippen molar-refractivity contribution in [2.45, 2.75) is 63.7 Å². The lowest BCUT2D eigenvalue weighted by molar-refractivity contribution is 0.183. The van der Waals surface area contributed by atoms with E-state index in [1.807, 2.05) is 0 Å². The van der Waals surface area contributed by atoms with Crippen LogP contribution in [0.3, 0.4) is 0 Å². The van der Waals surface area contributed by atoms with Crippen LogP contribution >= 0.6 is 11.6 Å². The second-order valence-corrected chi connectivity index (χ2v) is 9.65. The molecule has 0 radical (unpaired) electrons. The van der Waals surface area contributed by atoms with E-state index in [1.165, 1.54) is 31.9 Å². The molecule has 0 amide bonds. The first-order chi connectivity index (χ1) is 9.90. The molecule has 0 aromatic heterocycles. The topological polar surface area (TPSA) is 37.4 Å². The number of sulfonamides is 1. The van der Waals surface area contributed by atoms with Crippen LogP contribution in [0, 0.1) is 17.8 Å². The van der Waals surface area contributed by atoms with Crippen LogP contribution in [-0.2, 0) is 10.0 Å². The van der Waals surface area contributed by atoms with Crippen LogP contribution in [0.15, 0.2) is 0 Å². The fourth-order valence-electron chi connectivity index (χ4n) is 4.19. The molecule has 4 atom stereocenters. The summed E-state index contributed by atoms with van der Waals surface area (Å²) in [7, 11) is -3.03. The summed E-state index contributed by atoms with van der Waals surface area (Å²) in [5, 5.41) is 0.298. The number of nitrogens with zero attached hydrogens (tertiary/aromatic N) is 1. The van der Waals surface area contributed by atoms with Gasteiger partial charge in [-0.1, -0.05) is 19.8 Å². The maximum atomic E-state index is 11.7. The van der Waals surface area contributed by atoms with Gasteiger partial charge in [-0.05, 0) is 56.3 Å². The predicted octanol–water partition coefficient (Wildman–Crippen LogP) is 3.87. The van der Waals surface area contributed by atoms with Gasteiger partial charge in [0.15, 0.2) is 0 Å². The molecule has 1 saturated heterocycles. The second-order valence-electron chi connectivity index (χ2n) is 7.11. The fraction of sp³-hybridized carbons (Fsp3) is 1.00. The monoisotopic (exact) mass is 335 g/mol. The highest BCUT2D eigenvalue weighted by atomic mass is 35.5. The molecule has 124 valence electrons. The summed E-state index contributed by atoms with van der Waals surface area (Å²) in [5.41, 5.74) is 0. The van der Waals surface area contributed by atoms with E-state index in [1.54, 1.807) is 4.31 Å². The third-order valence-electron chi connectivity index (χ3n) is 5.28. The highest BCUT2D eigenvalue weighted by Gasteiger charge is 2.33. The van der Waals surface area contributed by atoms with Crippen molar-refractivity contribution < 1.29 is 8.42 Å². The molecule has 1 aliphatic heterocycles. The van der Waals surface area contributed by atoms with E-state index in [0.717, 1.165) is 31.6 Å². The van der Waals surface area contributed by atoms with Crippen molar-refractivity contribution in [3.8, 4) is 0 Å². The SMILES string of the molecule is CCCC1CCC(Cl)C(CC2CCCN(S(C)(=O)=O)C2)C1. The quantitative estimate of drug-likeness (QED) is 0.715. The molecule has 1 heterocycles. The zero-order chi connectivity index (χ0) is 15.5. The Balaban J connectivity index is 1.90. The summed E-state index contributed by atoms with van der Waals surface area (Å²) in [6.07, 6.45) is 10.8. The average Bonchev–Trinajstić information content (AvgIpc) is 2.42. The standard InChI is InChI=1S/C16H30ClNO2S/c1-3-5-13-7-8-16(17)15(10-13)11-14-6-4-9-18(12-14)21(2,19)20/h13-16H,3-12H2,1-2H3. The Morgan fingerprint density at radius 3 is 2.62 bits per heavy atom. The molecule has 0 bridgehead atoms. The molecule has 1 saturated carbocycles. The Morgan fingerprint density at radius 1 is 1.19 bits per heavy atom. The van der Waals surface area contributed by atoms with Gasteiger partial charge in [0.05, 0.1) is 6.26 Å². The van der Waals surface area contributed by atoms with E-state index in [2.05, 4.69) is 6.92 Å². The van der Waals surface area contributed by atoms with Crippen molar-refractivity contribution in [2.75, 3.05) is 19.3 Å². The maximum Gasteiger partial charge on any atom is 0.211 e. The zero-order valence-corrected chi connectivity index (χ0v) is 15.0. The summed E-state index contributed by atoms with van der Waals surface area (Å²) in [5.74, 6) is 1.92. The summed E-state index contributed by atoms with van der Waals surface area (Å²) in [6, 6.07) is 0. The molecule has 0 N–H and O–H groups in total. The van der Waals surface area contributed by atoms with Gasteiger partial charge in [-0.3, -0.25) is 0 Å². The molecule has 2 aliphatic rings. The lowest BCUT2D eigenvalue weighted by atomic mass is 9.74. The van der Waals surface area contributed by atoms with Crippen LogP contribution in [0.1, 0.15) is 58.3 Å². The summed E-state index contributed by atoms with van der Waals surface area (Å²) < 4.78 is 25.1. The van der Waals surface area contributed by atoms with E-state index in [-0.39, 0.29) is 0 Å². The van der Waals surface area contributed by atoms with Crippen molar-refractivity contribution in [3.05, 3.63) is 0 Å². The molecule has 2 fully saturated rings. The molecule has 1 aliphatic carbocycles. The van der Waals surface area contributed by atoms with Crippen LogP contribution in [0.5, 0.6) is 0 Å². The van der Waals surface area contributed by atoms with Gasteiger partial charge in [-0.2, -0.15) is 0 Å². The number of rotatable bonds is 5. The molecular formula is C16H30ClNO2S. The third-order valence-corrected chi connectivity index (χ3v) is 7.13. The van der Waals surface area contributed by atoms with E-state index >= 15 is 0 Å². The van der Waals surface area contributed by atoms with E-state index in [4.69, 9.17) is 11.6 Å². The first kappa shape index (κ1) is 17.6. The molecular weight excluding hydrogens is 306 g/mol. The van der Waals surface area contributed by atoms with Gasteiger partial charge in [-0.25, -0.2) is 12.7 Å². The summed E-state index contributed by atoms with van der Waals surface area (Å²) in [4.78, 5) is 0. The molecule has 2 rings (SSSR count). The largest absolute Gasteiger partial charge is 0.213 e. The maximum absolute atomic E-state index is 11.7. The minimum Gasteiger partial charge on any atom is -0.213 e. The van der Waals surface area contributed by atoms with Gasteiger partial charge < -0.3 is 0 Å². The van der Waals surface area contributed by atoms with Gasteiger partial charge in [0, 0.05) is 18.5 Å². The van der Waals surface area contributed by atoms with E-state index in [9.17, 15) is 8.42 Å². The van der Waals surface area contributed by atoms with Gasteiger partial charge in [0.2, 0.25) is 10.0 Å². The van der Waals surface area contributed by atoms with Gasteiger partial charge in [0.25, 0.3) is 0 Å². The minimum absolute atomic E-state index is 0.298. The average molecular weight is 336 g/mol. The van der Waals surface area contributed by atoms with E-state index in [0.29, 0.717) is 30.3 Å². The molecule has 4 unspecified atom stereocenters. The Hall–Kier alpha value is 0.200. The zero-order valence-electron chi connectivity index (χ0n) is 13.4. The van der Waals surface area contributed by atoms with Crippen LogP contribution in [-0.4, -0.2) is 37.4 Å². The Bertz CT molecular complexity index is 426. The van der Waals surface area contributed by atoms with Gasteiger partial charge >= 0.3 is 0 Å². The van der Waals surface area contributed by atoms with Gasteiger partial charge in [0.1, 0.15) is 0 Å². The first-order valence-corrected chi connectivity index (χ1v) is 10.8. The Morgan fingerprint density at radius 2 is 1.95 bits per heavy atom. The molecule has 3 nitrogen and oxygen atoms in total. The van der Waals surface area contributed by atoms with Crippen molar-refractivity contribution in [3.63, 3.8) is 0 Å². The van der Waals surface area contributed by atoms with Crippen LogP contribution in [0.4, 0.5) is 0 Å². The molecule has 0 spiro atoms. The summed E-state index contributed by atoms with van der Waals surface area (Å²) >= 11 is 6.56. The predicted molar refractivity (Wildman–Crippen MR) is 89.1 cm³/mol. The molecule has 0 aromatic carbocycles. The lowest BCUT2D eigenvalue weighted by Gasteiger charge is -2.38. The number of piperidine rings is 1. The second kappa shape index (κ2) is 7.65. The Kier molecular flexibility index (Phi) is 6.39.